The summed E-state index contributed by atoms with van der Waals surface area (Å²) in [5, 5.41) is 7.70. The van der Waals surface area contributed by atoms with E-state index in [1.165, 1.54) is 0 Å². The predicted octanol–water partition coefficient (Wildman–Crippen LogP) is 0.922. The van der Waals surface area contributed by atoms with Crippen LogP contribution in [0.25, 0.3) is 0 Å². The van der Waals surface area contributed by atoms with Crippen molar-refractivity contribution in [1.82, 2.24) is 14.8 Å². The van der Waals surface area contributed by atoms with Gasteiger partial charge in [-0.15, -0.1) is 35.0 Å². The first-order valence-electron chi connectivity index (χ1n) is 2.99. The van der Waals surface area contributed by atoms with E-state index in [1.807, 2.05) is 11.6 Å². The van der Waals surface area contributed by atoms with Crippen molar-refractivity contribution in [3.05, 3.63) is 10.6 Å². The molecule has 4 nitrogen and oxygen atoms in total. The summed E-state index contributed by atoms with van der Waals surface area (Å²) in [5.74, 6) is 0.911. The first-order valence-corrected chi connectivity index (χ1v) is 3.79. The molecule has 0 spiro atoms. The van der Waals surface area contributed by atoms with Crippen LogP contribution in [-0.4, -0.2) is 21.3 Å². The molecule has 0 amide bonds. The van der Waals surface area contributed by atoms with E-state index in [0.29, 0.717) is 6.54 Å². The van der Waals surface area contributed by atoms with Crippen LogP contribution in [0, 0.1) is 0 Å². The Hall–Kier alpha value is 0.160. The lowest BCUT2D eigenvalue weighted by molar-refractivity contribution is 0.767. The van der Waals surface area contributed by atoms with Crippen LogP contribution in [0.2, 0.25) is 0 Å². The molecule has 0 bridgehead atoms. The van der Waals surface area contributed by atoms with Crippen molar-refractivity contribution >= 4 is 40.7 Å². The average Bonchev–Trinajstić information content (AvgIpc) is 2.20. The minimum atomic E-state index is 0. The molecule has 0 radical (unpaired) electrons. The van der Waals surface area contributed by atoms with Crippen LogP contribution in [0.3, 0.4) is 0 Å². The molecule has 7 heteroatoms. The van der Waals surface area contributed by atoms with Gasteiger partial charge < -0.3 is 10.3 Å². The lowest BCUT2D eigenvalue weighted by Crippen LogP contribution is -2.07. The van der Waals surface area contributed by atoms with Gasteiger partial charge in [0.15, 0.2) is 4.73 Å². The maximum absolute atomic E-state index is 5.34. The van der Waals surface area contributed by atoms with Gasteiger partial charge in [-0.2, -0.15) is 0 Å². The Morgan fingerprint density at radius 1 is 1.42 bits per heavy atom. The number of rotatable bonds is 2. The molecule has 0 saturated heterocycles. The SMILES string of the molecule is Cl.Cl.Cn1c(Br)nnc1CCN. The van der Waals surface area contributed by atoms with Crippen molar-refractivity contribution in [3.8, 4) is 0 Å². The van der Waals surface area contributed by atoms with Crippen molar-refractivity contribution < 1.29 is 0 Å². The zero-order chi connectivity index (χ0) is 7.56. The molecule has 0 saturated carbocycles. The normalized spacial score (nSPS) is 8.58. The molecule has 1 aromatic rings. The first-order chi connectivity index (χ1) is 4.75. The molecule has 1 rings (SSSR count). The third-order valence-electron chi connectivity index (χ3n) is 1.28. The zero-order valence-corrected chi connectivity index (χ0v) is 9.75. The largest absolute Gasteiger partial charge is 0.330 e. The molecule has 72 valence electrons. The predicted molar refractivity (Wildman–Crippen MR) is 56.0 cm³/mol. The molecule has 0 aliphatic rings. The maximum Gasteiger partial charge on any atom is 0.199 e. The van der Waals surface area contributed by atoms with Crippen molar-refractivity contribution in [2.45, 2.75) is 6.42 Å². The summed E-state index contributed by atoms with van der Waals surface area (Å²) in [6, 6.07) is 0. The van der Waals surface area contributed by atoms with E-state index >= 15 is 0 Å². The molecular formula is C5H11BrCl2N4. The Labute approximate surface area is 91.9 Å². The fourth-order valence-corrected chi connectivity index (χ4v) is 0.970. The second-order valence-electron chi connectivity index (χ2n) is 1.98. The van der Waals surface area contributed by atoms with Crippen LogP contribution in [-0.2, 0) is 13.5 Å². The lowest BCUT2D eigenvalue weighted by Gasteiger charge is -1.96. The third kappa shape index (κ3) is 3.26. The molecule has 12 heavy (non-hydrogen) atoms. The highest BCUT2D eigenvalue weighted by molar-refractivity contribution is 9.10. The van der Waals surface area contributed by atoms with Gasteiger partial charge in [-0.1, -0.05) is 0 Å². The highest BCUT2D eigenvalue weighted by Gasteiger charge is 2.02. The number of aromatic nitrogens is 3. The van der Waals surface area contributed by atoms with E-state index in [1.54, 1.807) is 0 Å². The summed E-state index contributed by atoms with van der Waals surface area (Å²) in [7, 11) is 1.90. The number of halogens is 3. The van der Waals surface area contributed by atoms with Gasteiger partial charge in [0, 0.05) is 13.5 Å². The van der Waals surface area contributed by atoms with Gasteiger partial charge in [0.1, 0.15) is 5.82 Å². The molecule has 0 aliphatic carbocycles. The van der Waals surface area contributed by atoms with E-state index < -0.39 is 0 Å². The van der Waals surface area contributed by atoms with Gasteiger partial charge in [-0.25, -0.2) is 0 Å². The van der Waals surface area contributed by atoms with Crippen LogP contribution >= 0.6 is 40.7 Å². The van der Waals surface area contributed by atoms with Gasteiger partial charge in [0.25, 0.3) is 0 Å². The summed E-state index contributed by atoms with van der Waals surface area (Å²) in [4.78, 5) is 0. The third-order valence-corrected chi connectivity index (χ3v) is 1.97. The summed E-state index contributed by atoms with van der Waals surface area (Å²) in [6.45, 7) is 0.610. The number of nitrogens with zero attached hydrogens (tertiary/aromatic N) is 3. The van der Waals surface area contributed by atoms with Crippen LogP contribution in [0.1, 0.15) is 5.82 Å². The first kappa shape index (κ1) is 14.7. The van der Waals surface area contributed by atoms with E-state index in [9.17, 15) is 0 Å². The quantitative estimate of drug-likeness (QED) is 0.875. The van der Waals surface area contributed by atoms with Crippen LogP contribution < -0.4 is 5.73 Å². The van der Waals surface area contributed by atoms with Gasteiger partial charge in [-0.3, -0.25) is 0 Å². The molecule has 0 atom stereocenters. The Bertz CT molecular complexity index is 227. The minimum absolute atomic E-state index is 0. The van der Waals surface area contributed by atoms with Gasteiger partial charge in [0.2, 0.25) is 0 Å². The second-order valence-corrected chi connectivity index (χ2v) is 2.69. The van der Waals surface area contributed by atoms with Crippen LogP contribution in [0.5, 0.6) is 0 Å². The standard InChI is InChI=1S/C5H9BrN4.2ClH/c1-10-4(2-3-7)8-9-5(10)6;;/h2-3,7H2,1H3;2*1H. The second kappa shape index (κ2) is 6.65. The molecule has 0 fully saturated rings. The lowest BCUT2D eigenvalue weighted by atomic mass is 10.4. The molecule has 0 unspecified atom stereocenters. The zero-order valence-electron chi connectivity index (χ0n) is 6.53. The van der Waals surface area contributed by atoms with E-state index in [0.717, 1.165) is 17.0 Å². The van der Waals surface area contributed by atoms with E-state index in [4.69, 9.17) is 5.73 Å². The molecular weight excluding hydrogens is 267 g/mol. The Balaban J connectivity index is 0. The monoisotopic (exact) mass is 276 g/mol. The van der Waals surface area contributed by atoms with Gasteiger partial charge in [-0.05, 0) is 22.5 Å². The number of nitrogens with two attached hydrogens (primary N) is 1. The Morgan fingerprint density at radius 2 is 2.00 bits per heavy atom. The smallest absolute Gasteiger partial charge is 0.199 e. The topological polar surface area (TPSA) is 56.7 Å². The van der Waals surface area contributed by atoms with Crippen LogP contribution in [0.4, 0.5) is 0 Å². The van der Waals surface area contributed by atoms with E-state index in [-0.39, 0.29) is 24.8 Å². The summed E-state index contributed by atoms with van der Waals surface area (Å²) >= 11 is 3.23. The minimum Gasteiger partial charge on any atom is -0.330 e. The highest BCUT2D eigenvalue weighted by Crippen LogP contribution is 2.05. The van der Waals surface area contributed by atoms with Crippen molar-refractivity contribution in [2.24, 2.45) is 12.8 Å². The average molecular weight is 278 g/mol. The highest BCUT2D eigenvalue weighted by atomic mass is 79.9. The number of hydrogen-bond donors (Lipinski definition) is 1. The van der Waals surface area contributed by atoms with Crippen molar-refractivity contribution in [2.75, 3.05) is 6.54 Å². The molecule has 1 heterocycles. The van der Waals surface area contributed by atoms with E-state index in [2.05, 4.69) is 26.1 Å². The van der Waals surface area contributed by atoms with Crippen molar-refractivity contribution in [1.29, 1.82) is 0 Å². The van der Waals surface area contributed by atoms with Gasteiger partial charge in [0.05, 0.1) is 0 Å². The Morgan fingerprint density at radius 3 is 2.33 bits per heavy atom. The van der Waals surface area contributed by atoms with Gasteiger partial charge >= 0.3 is 0 Å². The summed E-state index contributed by atoms with van der Waals surface area (Å²) in [5.41, 5.74) is 5.34. The maximum atomic E-state index is 5.34. The fraction of sp³-hybridized carbons (Fsp3) is 0.600. The molecule has 0 aliphatic heterocycles. The molecule has 0 aromatic carbocycles. The molecule has 1 aromatic heterocycles. The number of hydrogen-bond acceptors (Lipinski definition) is 3. The van der Waals surface area contributed by atoms with Crippen molar-refractivity contribution in [3.63, 3.8) is 0 Å². The summed E-state index contributed by atoms with van der Waals surface area (Å²) < 4.78 is 2.61. The van der Waals surface area contributed by atoms with Crippen LogP contribution in [0.15, 0.2) is 4.73 Å². The summed E-state index contributed by atoms with van der Waals surface area (Å²) in [6.07, 6.45) is 0.773. The fourth-order valence-electron chi connectivity index (χ4n) is 0.686. The Kier molecular flexibility index (Phi) is 8.13. The molecule has 2 N–H and O–H groups in total.